The van der Waals surface area contributed by atoms with E-state index >= 15 is 0 Å². The Morgan fingerprint density at radius 1 is 1.36 bits per heavy atom. The highest BCUT2D eigenvalue weighted by Gasteiger charge is 1.85. The number of nitrogens with one attached hydrogen (secondary N) is 1. The summed E-state index contributed by atoms with van der Waals surface area (Å²) in [6.45, 7) is 7.97. The highest BCUT2D eigenvalue weighted by molar-refractivity contribution is 6.25. The van der Waals surface area contributed by atoms with Gasteiger partial charge in [-0.3, -0.25) is 0 Å². The zero-order valence-electron chi connectivity index (χ0n) is 7.45. The molecule has 0 atom stereocenters. The highest BCUT2D eigenvalue weighted by atomic mass is 35.5. The van der Waals surface area contributed by atoms with E-state index in [1.54, 1.807) is 5.54 Å². The van der Waals surface area contributed by atoms with Gasteiger partial charge in [-0.1, -0.05) is 23.3 Å². The maximum atomic E-state index is 5.48. The summed E-state index contributed by atoms with van der Waals surface area (Å²) in [5, 5.41) is 3.24. The minimum atomic E-state index is 0.868. The van der Waals surface area contributed by atoms with Gasteiger partial charge in [0.05, 0.1) is 0 Å². The second-order valence-corrected chi connectivity index (χ2v) is 3.09. The van der Waals surface area contributed by atoms with Gasteiger partial charge < -0.3 is 5.32 Å². The second kappa shape index (κ2) is 6.44. The third kappa shape index (κ3) is 7.63. The third-order valence-electron chi connectivity index (χ3n) is 1.24. The molecule has 0 aromatic heterocycles. The molecule has 0 aromatic rings. The predicted octanol–water partition coefficient (Wildman–Crippen LogP) is 2.68. The van der Waals surface area contributed by atoms with E-state index in [4.69, 9.17) is 11.6 Å². The largest absolute Gasteiger partial charge is 0.310 e. The van der Waals surface area contributed by atoms with Crippen molar-refractivity contribution in [2.75, 3.05) is 13.1 Å². The number of hydrogen-bond acceptors (Lipinski definition) is 1. The van der Waals surface area contributed by atoms with Crippen LogP contribution in [0, 0.1) is 0 Å². The number of hydrogen-bond donors (Lipinski definition) is 1. The van der Waals surface area contributed by atoms with Crippen LogP contribution in [-0.4, -0.2) is 13.1 Å². The van der Waals surface area contributed by atoms with Crippen LogP contribution in [0.2, 0.25) is 0 Å². The van der Waals surface area contributed by atoms with Gasteiger partial charge in [-0.15, -0.1) is 0 Å². The van der Waals surface area contributed by atoms with Gasteiger partial charge in [0.15, 0.2) is 0 Å². The third-order valence-corrected chi connectivity index (χ3v) is 1.62. The lowest BCUT2D eigenvalue weighted by atomic mass is 10.3. The number of halogens is 1. The Bertz CT molecular complexity index is 155. The minimum Gasteiger partial charge on any atom is -0.310 e. The Morgan fingerprint density at radius 3 is 2.45 bits per heavy atom. The first-order valence-corrected chi connectivity index (χ1v) is 4.20. The molecule has 0 aliphatic heterocycles. The molecule has 0 saturated carbocycles. The van der Waals surface area contributed by atoms with Crippen molar-refractivity contribution in [3.05, 3.63) is 22.8 Å². The van der Waals surface area contributed by atoms with E-state index in [0.29, 0.717) is 0 Å². The van der Waals surface area contributed by atoms with E-state index in [0.717, 1.165) is 18.7 Å². The molecule has 0 heterocycles. The van der Waals surface area contributed by atoms with E-state index < -0.39 is 0 Å². The van der Waals surface area contributed by atoms with Crippen molar-refractivity contribution in [2.24, 2.45) is 0 Å². The fraction of sp³-hybridized carbons (Fsp3) is 0.556. The summed E-state index contributed by atoms with van der Waals surface area (Å²) < 4.78 is 0. The van der Waals surface area contributed by atoms with Crippen LogP contribution in [-0.2, 0) is 0 Å². The molecule has 0 rings (SSSR count). The molecule has 0 amide bonds. The van der Waals surface area contributed by atoms with Gasteiger partial charge in [-0.05, 0) is 26.3 Å². The summed E-state index contributed by atoms with van der Waals surface area (Å²) >= 11 is 5.48. The summed E-state index contributed by atoms with van der Waals surface area (Å²) in [5.41, 5.74) is 4.11. The van der Waals surface area contributed by atoms with Crippen molar-refractivity contribution >= 4 is 11.6 Å². The minimum absolute atomic E-state index is 0.868. The molecule has 0 spiro atoms. The van der Waals surface area contributed by atoms with Gasteiger partial charge in [-0.25, -0.2) is 0 Å². The molecular weight excluding hydrogens is 158 g/mol. The summed E-state index contributed by atoms with van der Waals surface area (Å²) in [6, 6.07) is 0. The number of rotatable bonds is 4. The van der Waals surface area contributed by atoms with Crippen LogP contribution in [0.5, 0.6) is 0 Å². The number of allylic oxidation sites excluding steroid dienone is 1. The molecule has 0 aliphatic rings. The molecule has 1 N–H and O–H groups in total. The van der Waals surface area contributed by atoms with Crippen molar-refractivity contribution in [2.45, 2.75) is 20.8 Å². The van der Waals surface area contributed by atoms with E-state index in [1.165, 1.54) is 5.57 Å². The van der Waals surface area contributed by atoms with Gasteiger partial charge in [0.25, 0.3) is 0 Å². The van der Waals surface area contributed by atoms with Crippen molar-refractivity contribution < 1.29 is 0 Å². The van der Waals surface area contributed by atoms with E-state index in [9.17, 15) is 0 Å². The van der Waals surface area contributed by atoms with Gasteiger partial charge in [0.1, 0.15) is 0 Å². The molecule has 0 aliphatic carbocycles. The second-order valence-electron chi connectivity index (χ2n) is 2.87. The molecule has 0 fully saturated rings. The predicted molar refractivity (Wildman–Crippen MR) is 51.9 cm³/mol. The zero-order valence-corrected chi connectivity index (χ0v) is 8.20. The Hall–Kier alpha value is -0.270. The van der Waals surface area contributed by atoms with Crippen molar-refractivity contribution in [3.8, 4) is 0 Å². The molecule has 0 bridgehead atoms. The van der Waals surface area contributed by atoms with Gasteiger partial charge in [0, 0.05) is 18.6 Å². The Kier molecular flexibility index (Phi) is 6.28. The molecule has 0 radical (unpaired) electrons. The lowest BCUT2D eigenvalue weighted by Gasteiger charge is -2.00. The highest BCUT2D eigenvalue weighted by Crippen LogP contribution is 1.92. The van der Waals surface area contributed by atoms with Crippen LogP contribution < -0.4 is 5.32 Å². The molecule has 64 valence electrons. The van der Waals surface area contributed by atoms with Gasteiger partial charge >= 0.3 is 0 Å². The van der Waals surface area contributed by atoms with Crippen LogP contribution in [0.3, 0.4) is 0 Å². The van der Waals surface area contributed by atoms with Crippen LogP contribution >= 0.6 is 11.6 Å². The van der Waals surface area contributed by atoms with E-state index in [1.807, 2.05) is 6.92 Å². The summed E-state index contributed by atoms with van der Waals surface area (Å²) in [7, 11) is 0. The normalized spacial score (nSPS) is 11.5. The maximum Gasteiger partial charge on any atom is 0.0176 e. The van der Waals surface area contributed by atoms with E-state index in [-0.39, 0.29) is 0 Å². The molecule has 0 aromatic carbocycles. The van der Waals surface area contributed by atoms with Crippen LogP contribution in [0.15, 0.2) is 22.8 Å². The Balaban J connectivity index is 3.36. The molecule has 11 heavy (non-hydrogen) atoms. The smallest absolute Gasteiger partial charge is 0.0176 e. The average Bonchev–Trinajstić information content (AvgIpc) is 1.97. The maximum absolute atomic E-state index is 5.48. The summed E-state index contributed by atoms with van der Waals surface area (Å²) in [4.78, 5) is 0. The SMILES string of the molecule is CC(C)=CCNCC(C)=CCl. The zero-order chi connectivity index (χ0) is 8.69. The lowest BCUT2D eigenvalue weighted by molar-refractivity contribution is 0.812. The Morgan fingerprint density at radius 2 is 2.00 bits per heavy atom. The molecule has 0 saturated heterocycles. The first-order valence-electron chi connectivity index (χ1n) is 3.76. The Labute approximate surface area is 74.1 Å². The topological polar surface area (TPSA) is 12.0 Å². The quantitative estimate of drug-likeness (QED) is 0.509. The first kappa shape index (κ1) is 10.7. The molecule has 1 nitrogen and oxygen atoms in total. The van der Waals surface area contributed by atoms with Crippen LogP contribution in [0.25, 0.3) is 0 Å². The van der Waals surface area contributed by atoms with Crippen LogP contribution in [0.4, 0.5) is 0 Å². The van der Waals surface area contributed by atoms with Gasteiger partial charge in [-0.2, -0.15) is 0 Å². The fourth-order valence-electron chi connectivity index (χ4n) is 0.584. The molecule has 0 unspecified atom stereocenters. The van der Waals surface area contributed by atoms with Crippen molar-refractivity contribution in [3.63, 3.8) is 0 Å². The summed E-state index contributed by atoms with van der Waals surface area (Å²) in [5.74, 6) is 0. The van der Waals surface area contributed by atoms with Crippen LogP contribution in [0.1, 0.15) is 20.8 Å². The average molecular weight is 174 g/mol. The standard InChI is InChI=1S/C9H16ClN/c1-8(2)4-5-11-7-9(3)6-10/h4,6,11H,5,7H2,1-3H3. The molecule has 2 heteroatoms. The monoisotopic (exact) mass is 173 g/mol. The van der Waals surface area contributed by atoms with Crippen molar-refractivity contribution in [1.82, 2.24) is 5.32 Å². The van der Waals surface area contributed by atoms with E-state index in [2.05, 4.69) is 25.2 Å². The van der Waals surface area contributed by atoms with Crippen molar-refractivity contribution in [1.29, 1.82) is 0 Å². The molecular formula is C9H16ClN. The lowest BCUT2D eigenvalue weighted by Crippen LogP contribution is -2.15. The first-order chi connectivity index (χ1) is 5.16. The van der Waals surface area contributed by atoms with Gasteiger partial charge in [0.2, 0.25) is 0 Å². The fourth-order valence-corrected chi connectivity index (χ4v) is 0.661. The summed E-state index contributed by atoms with van der Waals surface area (Å²) in [6.07, 6.45) is 2.15.